The average molecular weight is 434 g/mol. The van der Waals surface area contributed by atoms with E-state index in [1.165, 1.54) is 0 Å². The van der Waals surface area contributed by atoms with Gasteiger partial charge >= 0.3 is 5.51 Å². The molecule has 2 aromatic rings. The first-order valence-electron chi connectivity index (χ1n) is 9.18. The molecular weight excluding hydrogens is 411 g/mol. The van der Waals surface area contributed by atoms with Crippen LogP contribution in [0.15, 0.2) is 29.2 Å². The van der Waals surface area contributed by atoms with E-state index in [9.17, 15) is 13.2 Å². The number of likely N-dealkylation sites (tertiary alicyclic amines) is 1. The molecule has 1 aromatic heterocycles. The maximum absolute atomic E-state index is 12.4. The van der Waals surface area contributed by atoms with Gasteiger partial charge < -0.3 is 9.88 Å². The number of nitrogens with one attached hydrogen (secondary N) is 1. The van der Waals surface area contributed by atoms with E-state index in [1.807, 2.05) is 0 Å². The zero-order chi connectivity index (χ0) is 18.9. The monoisotopic (exact) mass is 433 g/mol. The SMILES string of the molecule is Cl.FC(F)(F)Sc1ccc(CN2CCC(c3nnc4n3CCNC4)CC2)cc1. The lowest BCUT2D eigenvalue weighted by Gasteiger charge is -2.32. The summed E-state index contributed by atoms with van der Waals surface area (Å²) < 4.78 is 39.5. The van der Waals surface area contributed by atoms with E-state index >= 15 is 0 Å². The van der Waals surface area contributed by atoms with Gasteiger partial charge in [0.1, 0.15) is 11.6 Å². The predicted octanol–water partition coefficient (Wildman–Crippen LogP) is 3.79. The summed E-state index contributed by atoms with van der Waals surface area (Å²) in [6.45, 7) is 5.37. The van der Waals surface area contributed by atoms with Gasteiger partial charge in [-0.3, -0.25) is 4.90 Å². The highest BCUT2D eigenvalue weighted by Gasteiger charge is 2.29. The quantitative estimate of drug-likeness (QED) is 0.743. The summed E-state index contributed by atoms with van der Waals surface area (Å²) in [5.41, 5.74) is -3.19. The van der Waals surface area contributed by atoms with Gasteiger partial charge in [0.2, 0.25) is 0 Å². The Morgan fingerprint density at radius 3 is 2.46 bits per heavy atom. The van der Waals surface area contributed by atoms with Crippen LogP contribution in [0, 0.1) is 0 Å². The Hall–Kier alpha value is -1.29. The van der Waals surface area contributed by atoms with E-state index in [2.05, 4.69) is 25.0 Å². The highest BCUT2D eigenvalue weighted by atomic mass is 35.5. The molecule has 28 heavy (non-hydrogen) atoms. The number of halogens is 4. The Bertz CT molecular complexity index is 773. The standard InChI is InChI=1S/C18H22F3N5S.ClH/c19-18(20,21)27-15-3-1-13(2-4-15)12-25-8-5-14(6-9-25)17-24-23-16-11-22-7-10-26(16)17;/h1-4,14,22H,5-12H2;1H. The van der Waals surface area contributed by atoms with E-state index < -0.39 is 5.51 Å². The molecule has 1 saturated heterocycles. The van der Waals surface area contributed by atoms with E-state index in [4.69, 9.17) is 0 Å². The Labute approximate surface area is 172 Å². The van der Waals surface area contributed by atoms with Crippen molar-refractivity contribution in [1.82, 2.24) is 25.0 Å². The minimum atomic E-state index is -4.24. The van der Waals surface area contributed by atoms with Crippen LogP contribution in [0.2, 0.25) is 0 Å². The molecule has 0 unspecified atom stereocenters. The maximum atomic E-state index is 12.4. The predicted molar refractivity (Wildman–Crippen MR) is 105 cm³/mol. The number of piperidine rings is 1. The van der Waals surface area contributed by atoms with Crippen LogP contribution in [0.1, 0.15) is 36.0 Å². The van der Waals surface area contributed by atoms with Crippen molar-refractivity contribution in [3.8, 4) is 0 Å². The maximum Gasteiger partial charge on any atom is 0.446 e. The molecule has 2 aliphatic heterocycles. The van der Waals surface area contributed by atoms with Crippen molar-refractivity contribution in [2.45, 2.75) is 48.8 Å². The van der Waals surface area contributed by atoms with Crippen molar-refractivity contribution >= 4 is 24.2 Å². The Morgan fingerprint density at radius 2 is 1.79 bits per heavy atom. The second-order valence-corrected chi connectivity index (χ2v) is 8.18. The van der Waals surface area contributed by atoms with Crippen LogP contribution < -0.4 is 5.32 Å². The van der Waals surface area contributed by atoms with E-state index in [0.29, 0.717) is 5.92 Å². The van der Waals surface area contributed by atoms with Crippen molar-refractivity contribution in [1.29, 1.82) is 0 Å². The van der Waals surface area contributed by atoms with Crippen molar-refractivity contribution in [2.24, 2.45) is 0 Å². The first-order valence-corrected chi connectivity index (χ1v) is 9.99. The van der Waals surface area contributed by atoms with Gasteiger partial charge in [0, 0.05) is 30.4 Å². The molecule has 2 aliphatic rings. The smallest absolute Gasteiger partial charge is 0.312 e. The van der Waals surface area contributed by atoms with Crippen LogP contribution in [0.25, 0.3) is 0 Å². The van der Waals surface area contributed by atoms with E-state index in [-0.39, 0.29) is 29.1 Å². The van der Waals surface area contributed by atoms with E-state index in [1.54, 1.807) is 24.3 Å². The summed E-state index contributed by atoms with van der Waals surface area (Å²) in [6.07, 6.45) is 2.07. The molecule has 1 fully saturated rings. The number of nitrogens with zero attached hydrogens (tertiary/aromatic N) is 4. The number of hydrogen-bond acceptors (Lipinski definition) is 5. The molecular formula is C18H23ClF3N5S. The zero-order valence-corrected chi connectivity index (χ0v) is 16.9. The Morgan fingerprint density at radius 1 is 1.07 bits per heavy atom. The molecule has 5 nitrogen and oxygen atoms in total. The summed E-state index contributed by atoms with van der Waals surface area (Å²) in [4.78, 5) is 2.59. The van der Waals surface area contributed by atoms with Gasteiger partial charge in [-0.25, -0.2) is 0 Å². The normalized spacial score (nSPS) is 18.5. The largest absolute Gasteiger partial charge is 0.446 e. The summed E-state index contributed by atoms with van der Waals surface area (Å²) in [6, 6.07) is 6.69. The van der Waals surface area contributed by atoms with Crippen LogP contribution in [0.4, 0.5) is 13.2 Å². The first kappa shape index (κ1) is 21.4. The third kappa shape index (κ3) is 5.20. The number of rotatable bonds is 4. The minimum absolute atomic E-state index is 0. The van der Waals surface area contributed by atoms with Gasteiger partial charge in [-0.15, -0.1) is 22.6 Å². The summed E-state index contributed by atoms with van der Waals surface area (Å²) >= 11 is -0.0678. The fraction of sp³-hybridized carbons (Fsp3) is 0.556. The van der Waals surface area contributed by atoms with E-state index in [0.717, 1.165) is 69.3 Å². The lowest BCUT2D eigenvalue weighted by Crippen LogP contribution is -2.34. The Kier molecular flexibility index (Phi) is 6.90. The average Bonchev–Trinajstić information content (AvgIpc) is 3.07. The molecule has 154 valence electrons. The molecule has 0 atom stereocenters. The van der Waals surface area contributed by atoms with Crippen molar-refractivity contribution in [2.75, 3.05) is 19.6 Å². The number of thioether (sulfide) groups is 1. The highest BCUT2D eigenvalue weighted by molar-refractivity contribution is 8.00. The fourth-order valence-corrected chi connectivity index (χ4v) is 4.36. The van der Waals surface area contributed by atoms with Gasteiger partial charge in [0.15, 0.2) is 0 Å². The lowest BCUT2D eigenvalue weighted by molar-refractivity contribution is -0.0328. The van der Waals surface area contributed by atoms with Gasteiger partial charge in [0.25, 0.3) is 0 Å². The molecule has 3 heterocycles. The lowest BCUT2D eigenvalue weighted by atomic mass is 9.95. The highest BCUT2D eigenvalue weighted by Crippen LogP contribution is 2.37. The first-order chi connectivity index (χ1) is 13.0. The third-order valence-corrected chi connectivity index (χ3v) is 5.91. The molecule has 0 amide bonds. The summed E-state index contributed by atoms with van der Waals surface area (Å²) in [5.74, 6) is 2.57. The molecule has 4 rings (SSSR count). The third-order valence-electron chi connectivity index (χ3n) is 5.17. The second kappa shape index (κ2) is 9.02. The van der Waals surface area contributed by atoms with Crippen molar-refractivity contribution in [3.05, 3.63) is 41.5 Å². The van der Waals surface area contributed by atoms with Gasteiger partial charge in [-0.05, 0) is 55.4 Å². The molecule has 10 heteroatoms. The second-order valence-electron chi connectivity index (χ2n) is 7.05. The number of hydrogen-bond donors (Lipinski definition) is 1. The number of alkyl halides is 3. The van der Waals surface area contributed by atoms with Crippen LogP contribution in [0.3, 0.4) is 0 Å². The zero-order valence-electron chi connectivity index (χ0n) is 15.3. The number of fused-ring (bicyclic) bond motifs is 1. The molecule has 0 radical (unpaired) electrons. The molecule has 0 saturated carbocycles. The van der Waals surface area contributed by atoms with Crippen LogP contribution in [-0.2, 0) is 19.6 Å². The number of benzene rings is 1. The van der Waals surface area contributed by atoms with Crippen LogP contribution >= 0.6 is 24.2 Å². The fourth-order valence-electron chi connectivity index (χ4n) is 3.82. The van der Waals surface area contributed by atoms with Crippen molar-refractivity contribution in [3.63, 3.8) is 0 Å². The molecule has 0 spiro atoms. The summed E-state index contributed by atoms with van der Waals surface area (Å²) in [5, 5.41) is 12.0. The van der Waals surface area contributed by atoms with Gasteiger partial charge in [-0.2, -0.15) is 13.2 Å². The number of aromatic nitrogens is 3. The molecule has 1 N–H and O–H groups in total. The van der Waals surface area contributed by atoms with Crippen LogP contribution in [-0.4, -0.2) is 44.8 Å². The van der Waals surface area contributed by atoms with Gasteiger partial charge in [-0.1, -0.05) is 12.1 Å². The summed E-state index contributed by atoms with van der Waals surface area (Å²) in [7, 11) is 0. The molecule has 0 aliphatic carbocycles. The Balaban J connectivity index is 0.00000225. The minimum Gasteiger partial charge on any atom is -0.312 e. The van der Waals surface area contributed by atoms with Crippen molar-refractivity contribution < 1.29 is 13.2 Å². The molecule has 1 aromatic carbocycles. The van der Waals surface area contributed by atoms with Gasteiger partial charge in [0.05, 0.1) is 6.54 Å². The topological polar surface area (TPSA) is 46.0 Å². The van der Waals surface area contributed by atoms with Crippen LogP contribution in [0.5, 0.6) is 0 Å². The molecule has 0 bridgehead atoms.